The number of anilines is 1. The minimum atomic E-state index is -0.232. The van der Waals surface area contributed by atoms with Gasteiger partial charge in [0.05, 0.1) is 24.9 Å². The Bertz CT molecular complexity index is 892. The summed E-state index contributed by atoms with van der Waals surface area (Å²) in [5.74, 6) is 0.322. The summed E-state index contributed by atoms with van der Waals surface area (Å²) in [7, 11) is 0. The maximum Gasteiger partial charge on any atom is 0.253 e. The van der Waals surface area contributed by atoms with Crippen molar-refractivity contribution in [3.8, 4) is 0 Å². The van der Waals surface area contributed by atoms with Crippen molar-refractivity contribution in [2.45, 2.75) is 13.0 Å². The molecule has 6 heteroatoms. The number of benzene rings is 2. The zero-order valence-electron chi connectivity index (χ0n) is 15.5. The van der Waals surface area contributed by atoms with Gasteiger partial charge in [-0.3, -0.25) is 9.59 Å². The number of furan rings is 1. The van der Waals surface area contributed by atoms with Gasteiger partial charge in [0, 0.05) is 12.2 Å². The second-order valence-electron chi connectivity index (χ2n) is 6.25. The van der Waals surface area contributed by atoms with E-state index in [0.717, 1.165) is 6.42 Å². The Balaban J connectivity index is 1.47. The van der Waals surface area contributed by atoms with Gasteiger partial charge in [-0.25, -0.2) is 0 Å². The van der Waals surface area contributed by atoms with Gasteiger partial charge in [-0.1, -0.05) is 42.5 Å². The summed E-state index contributed by atoms with van der Waals surface area (Å²) >= 11 is 0. The van der Waals surface area contributed by atoms with Crippen LogP contribution in [0.2, 0.25) is 0 Å². The highest BCUT2D eigenvalue weighted by molar-refractivity contribution is 6.00. The van der Waals surface area contributed by atoms with E-state index in [0.29, 0.717) is 30.1 Å². The number of hydrogen-bond acceptors (Lipinski definition) is 4. The van der Waals surface area contributed by atoms with E-state index in [1.165, 1.54) is 5.56 Å². The lowest BCUT2D eigenvalue weighted by atomic mass is 10.1. The molecule has 0 atom stereocenters. The van der Waals surface area contributed by atoms with Crippen molar-refractivity contribution >= 4 is 17.5 Å². The molecule has 0 saturated carbocycles. The van der Waals surface area contributed by atoms with E-state index in [1.54, 1.807) is 36.6 Å². The van der Waals surface area contributed by atoms with Gasteiger partial charge in [0.15, 0.2) is 0 Å². The summed E-state index contributed by atoms with van der Waals surface area (Å²) in [6.07, 6.45) is 2.34. The number of amides is 2. The first-order valence-corrected chi connectivity index (χ1v) is 9.16. The average Bonchev–Trinajstić information content (AvgIpc) is 3.25. The van der Waals surface area contributed by atoms with Crippen LogP contribution < -0.4 is 16.0 Å². The highest BCUT2D eigenvalue weighted by Gasteiger charge is 2.12. The van der Waals surface area contributed by atoms with Crippen LogP contribution in [0.1, 0.15) is 21.7 Å². The fraction of sp³-hybridized carbons (Fsp3) is 0.182. The van der Waals surface area contributed by atoms with Crippen LogP contribution in [0.4, 0.5) is 5.69 Å². The van der Waals surface area contributed by atoms with E-state index in [-0.39, 0.29) is 18.4 Å². The van der Waals surface area contributed by atoms with E-state index in [4.69, 9.17) is 4.42 Å². The highest BCUT2D eigenvalue weighted by Crippen LogP contribution is 2.15. The first kappa shape index (κ1) is 19.2. The van der Waals surface area contributed by atoms with Crippen molar-refractivity contribution in [1.29, 1.82) is 0 Å². The molecule has 0 bridgehead atoms. The standard InChI is InChI=1S/C22H23N3O3/c26-21(23-13-12-17-7-2-1-3-8-17)16-24-20-11-5-4-10-19(20)22(27)25-15-18-9-6-14-28-18/h1-11,14,24H,12-13,15-16H2,(H,23,26)(H,25,27). The molecule has 0 saturated heterocycles. The number of nitrogens with one attached hydrogen (secondary N) is 3. The number of carbonyl (C=O) groups excluding carboxylic acids is 2. The molecule has 2 aromatic carbocycles. The molecule has 0 aliphatic heterocycles. The Labute approximate surface area is 164 Å². The van der Waals surface area contributed by atoms with Crippen LogP contribution in [0.15, 0.2) is 77.4 Å². The van der Waals surface area contributed by atoms with E-state index in [2.05, 4.69) is 16.0 Å². The van der Waals surface area contributed by atoms with Crippen LogP contribution in [-0.2, 0) is 17.8 Å². The van der Waals surface area contributed by atoms with Crippen molar-refractivity contribution in [1.82, 2.24) is 10.6 Å². The fourth-order valence-electron chi connectivity index (χ4n) is 2.74. The van der Waals surface area contributed by atoms with Crippen molar-refractivity contribution in [3.63, 3.8) is 0 Å². The smallest absolute Gasteiger partial charge is 0.253 e. The lowest BCUT2D eigenvalue weighted by molar-refractivity contribution is -0.119. The average molecular weight is 377 g/mol. The van der Waals surface area contributed by atoms with Gasteiger partial charge < -0.3 is 20.4 Å². The van der Waals surface area contributed by atoms with Crippen LogP contribution in [0, 0.1) is 0 Å². The molecular weight excluding hydrogens is 354 g/mol. The number of carbonyl (C=O) groups is 2. The van der Waals surface area contributed by atoms with Crippen LogP contribution in [0.3, 0.4) is 0 Å². The monoisotopic (exact) mass is 377 g/mol. The van der Waals surface area contributed by atoms with Crippen LogP contribution in [-0.4, -0.2) is 24.9 Å². The zero-order valence-corrected chi connectivity index (χ0v) is 15.5. The molecule has 3 aromatic rings. The van der Waals surface area contributed by atoms with Gasteiger partial charge in [-0.2, -0.15) is 0 Å². The van der Waals surface area contributed by atoms with Crippen LogP contribution >= 0.6 is 0 Å². The van der Waals surface area contributed by atoms with E-state index < -0.39 is 0 Å². The van der Waals surface area contributed by atoms with Gasteiger partial charge >= 0.3 is 0 Å². The highest BCUT2D eigenvalue weighted by atomic mass is 16.3. The Hall–Kier alpha value is -3.54. The first-order valence-electron chi connectivity index (χ1n) is 9.16. The molecule has 1 heterocycles. The third-order valence-electron chi connectivity index (χ3n) is 4.19. The molecule has 0 spiro atoms. The maximum atomic E-state index is 12.4. The molecule has 3 rings (SSSR count). The summed E-state index contributed by atoms with van der Waals surface area (Å²) in [5.41, 5.74) is 2.26. The summed E-state index contributed by atoms with van der Waals surface area (Å²) in [6, 6.07) is 20.6. The van der Waals surface area contributed by atoms with Gasteiger partial charge in [-0.15, -0.1) is 0 Å². The third-order valence-corrected chi connectivity index (χ3v) is 4.19. The van der Waals surface area contributed by atoms with E-state index in [1.807, 2.05) is 36.4 Å². The van der Waals surface area contributed by atoms with Crippen LogP contribution in [0.25, 0.3) is 0 Å². The minimum absolute atomic E-state index is 0.0945. The van der Waals surface area contributed by atoms with Crippen molar-refractivity contribution < 1.29 is 14.0 Å². The lowest BCUT2D eigenvalue weighted by Crippen LogP contribution is -2.32. The Kier molecular flexibility index (Phi) is 6.84. The quantitative estimate of drug-likeness (QED) is 0.535. The normalized spacial score (nSPS) is 10.3. The van der Waals surface area contributed by atoms with Crippen molar-refractivity contribution in [2.75, 3.05) is 18.4 Å². The molecule has 0 aliphatic rings. The summed E-state index contributed by atoms with van der Waals surface area (Å²) in [4.78, 5) is 24.5. The lowest BCUT2D eigenvalue weighted by Gasteiger charge is -2.12. The van der Waals surface area contributed by atoms with Crippen molar-refractivity contribution in [2.24, 2.45) is 0 Å². The van der Waals surface area contributed by atoms with Gasteiger partial charge in [0.1, 0.15) is 5.76 Å². The second-order valence-corrected chi connectivity index (χ2v) is 6.25. The molecule has 6 nitrogen and oxygen atoms in total. The molecule has 2 amide bonds. The molecule has 0 aliphatic carbocycles. The predicted octanol–water partition coefficient (Wildman–Crippen LogP) is 2.98. The van der Waals surface area contributed by atoms with Gasteiger partial charge in [-0.05, 0) is 36.2 Å². The number of hydrogen-bond donors (Lipinski definition) is 3. The minimum Gasteiger partial charge on any atom is -0.467 e. The second kappa shape index (κ2) is 9.97. The topological polar surface area (TPSA) is 83.4 Å². The number of rotatable bonds is 9. The zero-order chi connectivity index (χ0) is 19.6. The maximum absolute atomic E-state index is 12.4. The Morgan fingerprint density at radius 3 is 2.43 bits per heavy atom. The molecule has 0 fully saturated rings. The SMILES string of the molecule is O=C(CNc1ccccc1C(=O)NCc1ccco1)NCCc1ccccc1. The van der Waals surface area contributed by atoms with Gasteiger partial charge in [0.25, 0.3) is 5.91 Å². The number of para-hydroxylation sites is 1. The summed E-state index contributed by atoms with van der Waals surface area (Å²) < 4.78 is 5.22. The summed E-state index contributed by atoms with van der Waals surface area (Å²) in [5, 5.41) is 8.73. The van der Waals surface area contributed by atoms with E-state index >= 15 is 0 Å². The molecule has 3 N–H and O–H groups in total. The first-order chi connectivity index (χ1) is 13.7. The largest absolute Gasteiger partial charge is 0.467 e. The van der Waals surface area contributed by atoms with Crippen LogP contribution in [0.5, 0.6) is 0 Å². The Morgan fingerprint density at radius 1 is 0.857 bits per heavy atom. The molecule has 144 valence electrons. The molecule has 1 aromatic heterocycles. The Morgan fingerprint density at radius 2 is 1.64 bits per heavy atom. The summed E-state index contributed by atoms with van der Waals surface area (Å²) in [6.45, 7) is 0.965. The van der Waals surface area contributed by atoms with Gasteiger partial charge in [0.2, 0.25) is 5.91 Å². The van der Waals surface area contributed by atoms with E-state index in [9.17, 15) is 9.59 Å². The molecular formula is C22H23N3O3. The van der Waals surface area contributed by atoms with Crippen molar-refractivity contribution in [3.05, 3.63) is 89.9 Å². The fourth-order valence-corrected chi connectivity index (χ4v) is 2.74. The molecule has 0 radical (unpaired) electrons. The third kappa shape index (κ3) is 5.74. The molecule has 0 unspecified atom stereocenters. The molecule has 28 heavy (non-hydrogen) atoms. The predicted molar refractivity (Wildman–Crippen MR) is 108 cm³/mol.